The van der Waals surface area contributed by atoms with E-state index in [1.54, 1.807) is 6.07 Å². The summed E-state index contributed by atoms with van der Waals surface area (Å²) < 4.78 is 37.4. The van der Waals surface area contributed by atoms with Crippen LogP contribution < -0.4 is 0 Å². The number of nitro groups is 1. The fourth-order valence-electron chi connectivity index (χ4n) is 1.83. The minimum Gasteiger partial charge on any atom is -0.396 e. The molecule has 0 fully saturated rings. The molecule has 0 spiro atoms. The monoisotopic (exact) mass is 292 g/mol. The summed E-state index contributed by atoms with van der Waals surface area (Å²) in [7, 11) is 0. The van der Waals surface area contributed by atoms with Crippen LogP contribution in [0.5, 0.6) is 0 Å². The van der Waals surface area contributed by atoms with Crippen molar-refractivity contribution in [1.82, 2.24) is 4.90 Å². The number of alkyl halides is 3. The second kappa shape index (κ2) is 7.20. The minimum absolute atomic E-state index is 0.0159. The third-order valence-electron chi connectivity index (χ3n) is 2.62. The van der Waals surface area contributed by atoms with Crippen LogP contribution in [0.2, 0.25) is 0 Å². The van der Waals surface area contributed by atoms with E-state index in [2.05, 4.69) is 0 Å². The average molecular weight is 292 g/mol. The van der Waals surface area contributed by atoms with Gasteiger partial charge >= 0.3 is 6.18 Å². The lowest BCUT2D eigenvalue weighted by atomic mass is 10.1. The molecule has 0 aliphatic heterocycles. The van der Waals surface area contributed by atoms with Crippen LogP contribution in [0.3, 0.4) is 0 Å². The summed E-state index contributed by atoms with van der Waals surface area (Å²) in [6.07, 6.45) is -4.21. The molecule has 0 atom stereocenters. The molecule has 0 aliphatic carbocycles. The number of nitrogens with zero attached hydrogens (tertiary/aromatic N) is 2. The summed E-state index contributed by atoms with van der Waals surface area (Å²) >= 11 is 0. The number of aliphatic hydroxyl groups excluding tert-OH is 1. The molecule has 0 aliphatic rings. The molecule has 20 heavy (non-hydrogen) atoms. The Balaban J connectivity index is 2.86. The predicted molar refractivity (Wildman–Crippen MR) is 66.1 cm³/mol. The van der Waals surface area contributed by atoms with Gasteiger partial charge in [-0.3, -0.25) is 15.0 Å². The Kier molecular flexibility index (Phi) is 5.90. The van der Waals surface area contributed by atoms with E-state index in [0.717, 1.165) is 4.90 Å². The molecule has 0 radical (unpaired) electrons. The third-order valence-corrected chi connectivity index (χ3v) is 2.62. The lowest BCUT2D eigenvalue weighted by Gasteiger charge is -2.23. The van der Waals surface area contributed by atoms with Crippen LogP contribution in [0, 0.1) is 10.1 Å². The van der Waals surface area contributed by atoms with E-state index in [9.17, 15) is 23.3 Å². The molecule has 5 nitrogen and oxygen atoms in total. The third kappa shape index (κ3) is 5.54. The smallest absolute Gasteiger partial charge is 0.396 e. The first-order valence-electron chi connectivity index (χ1n) is 5.96. The van der Waals surface area contributed by atoms with Crippen LogP contribution in [0.15, 0.2) is 24.3 Å². The van der Waals surface area contributed by atoms with Crippen molar-refractivity contribution in [2.75, 3.05) is 19.7 Å². The van der Waals surface area contributed by atoms with Crippen molar-refractivity contribution in [3.05, 3.63) is 39.9 Å². The van der Waals surface area contributed by atoms with Crippen molar-refractivity contribution in [1.29, 1.82) is 0 Å². The quantitative estimate of drug-likeness (QED) is 0.619. The fraction of sp³-hybridized carbons (Fsp3) is 0.500. The Morgan fingerprint density at radius 2 is 1.95 bits per heavy atom. The molecule has 0 amide bonds. The van der Waals surface area contributed by atoms with Gasteiger partial charge in [-0.05, 0) is 6.42 Å². The first-order valence-corrected chi connectivity index (χ1v) is 5.96. The van der Waals surface area contributed by atoms with Crippen molar-refractivity contribution >= 4 is 5.69 Å². The Morgan fingerprint density at radius 1 is 1.30 bits per heavy atom. The van der Waals surface area contributed by atoms with Gasteiger partial charge in [-0.2, -0.15) is 13.2 Å². The Morgan fingerprint density at radius 3 is 2.50 bits per heavy atom. The molecule has 1 rings (SSSR count). The zero-order valence-electron chi connectivity index (χ0n) is 10.6. The van der Waals surface area contributed by atoms with Crippen LogP contribution in [-0.2, 0) is 6.54 Å². The molecule has 0 heterocycles. The highest BCUT2D eigenvalue weighted by Crippen LogP contribution is 2.22. The fourth-order valence-corrected chi connectivity index (χ4v) is 1.83. The molecular weight excluding hydrogens is 277 g/mol. The summed E-state index contributed by atoms with van der Waals surface area (Å²) in [5.74, 6) is 0. The molecule has 1 N–H and O–H groups in total. The Bertz CT molecular complexity index is 452. The molecular formula is C12H15F3N2O3. The molecule has 0 aromatic heterocycles. The zero-order chi connectivity index (χ0) is 15.2. The van der Waals surface area contributed by atoms with E-state index in [1.807, 2.05) is 0 Å². The largest absolute Gasteiger partial charge is 0.401 e. The van der Waals surface area contributed by atoms with Gasteiger partial charge in [0.1, 0.15) is 0 Å². The maximum atomic E-state index is 12.5. The highest BCUT2D eigenvalue weighted by Gasteiger charge is 2.31. The number of hydrogen-bond donors (Lipinski definition) is 1. The summed E-state index contributed by atoms with van der Waals surface area (Å²) in [6.45, 7) is -1.57. The number of para-hydroxylation sites is 1. The normalized spacial score (nSPS) is 11.8. The molecule has 0 saturated heterocycles. The highest BCUT2D eigenvalue weighted by molar-refractivity contribution is 5.39. The number of nitro benzene ring substituents is 1. The number of halogens is 3. The van der Waals surface area contributed by atoms with Gasteiger partial charge in [-0.1, -0.05) is 18.2 Å². The molecule has 0 saturated carbocycles. The lowest BCUT2D eigenvalue weighted by molar-refractivity contribution is -0.385. The van der Waals surface area contributed by atoms with Gasteiger partial charge in [0.25, 0.3) is 5.69 Å². The number of rotatable bonds is 7. The lowest BCUT2D eigenvalue weighted by Crippen LogP contribution is -2.35. The van der Waals surface area contributed by atoms with Crippen molar-refractivity contribution in [3.8, 4) is 0 Å². The first-order chi connectivity index (χ1) is 9.33. The van der Waals surface area contributed by atoms with Gasteiger partial charge in [0.2, 0.25) is 0 Å². The van der Waals surface area contributed by atoms with E-state index >= 15 is 0 Å². The van der Waals surface area contributed by atoms with Gasteiger partial charge in [-0.25, -0.2) is 0 Å². The average Bonchev–Trinajstić information content (AvgIpc) is 2.34. The van der Waals surface area contributed by atoms with E-state index in [4.69, 9.17) is 5.11 Å². The standard InChI is InChI=1S/C12H15F3N2O3/c13-12(14,15)9-16(6-3-7-18)8-10-4-1-2-5-11(10)17(19)20/h1-2,4-5,18H,3,6-9H2. The molecule has 1 aromatic carbocycles. The van der Waals surface area contributed by atoms with E-state index in [-0.39, 0.29) is 37.4 Å². The Hall–Kier alpha value is -1.67. The van der Waals surface area contributed by atoms with Crippen molar-refractivity contribution in [2.45, 2.75) is 19.1 Å². The summed E-state index contributed by atoms with van der Waals surface area (Å²) in [5.41, 5.74) is 0.0170. The van der Waals surface area contributed by atoms with Gasteiger partial charge in [-0.15, -0.1) is 0 Å². The van der Waals surface area contributed by atoms with E-state index < -0.39 is 17.6 Å². The summed E-state index contributed by atoms with van der Waals surface area (Å²) in [5, 5.41) is 19.5. The Labute approximate surface area is 113 Å². The second-order valence-electron chi connectivity index (χ2n) is 4.29. The maximum Gasteiger partial charge on any atom is 0.401 e. The molecule has 0 unspecified atom stereocenters. The molecule has 8 heteroatoms. The van der Waals surface area contributed by atoms with Crippen molar-refractivity contribution < 1.29 is 23.2 Å². The van der Waals surface area contributed by atoms with Crippen LogP contribution >= 0.6 is 0 Å². The van der Waals surface area contributed by atoms with E-state index in [1.165, 1.54) is 18.2 Å². The number of aliphatic hydroxyl groups is 1. The minimum atomic E-state index is -4.39. The van der Waals surface area contributed by atoms with Crippen molar-refractivity contribution in [2.24, 2.45) is 0 Å². The van der Waals surface area contributed by atoms with Crippen LogP contribution in [0.1, 0.15) is 12.0 Å². The number of benzene rings is 1. The van der Waals surface area contributed by atoms with Crippen LogP contribution in [0.25, 0.3) is 0 Å². The molecule has 0 bridgehead atoms. The second-order valence-corrected chi connectivity index (χ2v) is 4.29. The summed E-state index contributed by atoms with van der Waals surface area (Å²) in [6, 6.07) is 5.69. The molecule has 112 valence electrons. The number of hydrogen-bond acceptors (Lipinski definition) is 4. The van der Waals surface area contributed by atoms with Crippen LogP contribution in [0.4, 0.5) is 18.9 Å². The van der Waals surface area contributed by atoms with Gasteiger partial charge in [0.15, 0.2) is 0 Å². The topological polar surface area (TPSA) is 66.6 Å². The maximum absolute atomic E-state index is 12.5. The predicted octanol–water partition coefficient (Wildman–Crippen LogP) is 2.34. The highest BCUT2D eigenvalue weighted by atomic mass is 19.4. The zero-order valence-corrected chi connectivity index (χ0v) is 10.6. The van der Waals surface area contributed by atoms with Gasteiger partial charge in [0, 0.05) is 31.3 Å². The first kappa shape index (κ1) is 16.4. The summed E-state index contributed by atoms with van der Waals surface area (Å²) in [4.78, 5) is 11.2. The van der Waals surface area contributed by atoms with E-state index in [0.29, 0.717) is 0 Å². The SMILES string of the molecule is O=[N+]([O-])c1ccccc1CN(CCCO)CC(F)(F)F. The molecule has 1 aromatic rings. The van der Waals surface area contributed by atoms with Gasteiger partial charge < -0.3 is 5.11 Å². The van der Waals surface area contributed by atoms with Crippen molar-refractivity contribution in [3.63, 3.8) is 0 Å². The van der Waals surface area contributed by atoms with Crippen LogP contribution in [-0.4, -0.2) is 40.8 Å². The van der Waals surface area contributed by atoms with Gasteiger partial charge in [0.05, 0.1) is 11.5 Å².